The number of hydrazone groups is 1. The zero-order valence-electron chi connectivity index (χ0n) is 15.1. The summed E-state index contributed by atoms with van der Waals surface area (Å²) in [4.78, 5) is 34.3. The predicted octanol–water partition coefficient (Wildman–Crippen LogP) is 1.92. The Kier molecular flexibility index (Phi) is 7.94. The second-order valence-corrected chi connectivity index (χ2v) is 6.52. The Bertz CT molecular complexity index is 677. The Labute approximate surface area is 157 Å². The van der Waals surface area contributed by atoms with E-state index in [4.69, 9.17) is 5.11 Å². The van der Waals surface area contributed by atoms with Crippen LogP contribution in [0.5, 0.6) is 0 Å². The molecule has 1 aromatic carbocycles. The molecule has 1 aliphatic rings. The van der Waals surface area contributed by atoms with E-state index in [0.29, 0.717) is 25.7 Å². The molecule has 0 saturated carbocycles. The van der Waals surface area contributed by atoms with Crippen LogP contribution in [0.2, 0.25) is 0 Å². The molecule has 0 radical (unpaired) electrons. The highest BCUT2D eigenvalue weighted by Gasteiger charge is 2.38. The van der Waals surface area contributed by atoms with Gasteiger partial charge in [-0.2, -0.15) is 5.10 Å². The molecule has 1 heterocycles. The summed E-state index contributed by atoms with van der Waals surface area (Å²) in [5, 5.41) is 26.0. The van der Waals surface area contributed by atoms with E-state index in [1.54, 1.807) is 0 Å². The molecule has 0 spiro atoms. The summed E-state index contributed by atoms with van der Waals surface area (Å²) < 4.78 is 0. The largest absolute Gasteiger partial charge is 0.481 e. The molecule has 0 aliphatic carbocycles. The van der Waals surface area contributed by atoms with Crippen molar-refractivity contribution >= 4 is 24.1 Å². The molecule has 2 rings (SSSR count). The topological polar surface area (TPSA) is 119 Å². The summed E-state index contributed by atoms with van der Waals surface area (Å²) in [6, 6.07) is 8.11. The SMILES string of the molecule is O=C(O)CCCCCCC1C(=O)NC(=O)N1N=CC(O)Cc1ccccc1. The standard InChI is InChI=1S/C19H25N3O5/c23-15(12-14-8-4-3-5-9-14)13-20-22-16(18(26)21-19(22)27)10-6-1-2-7-11-17(24)25/h3-5,8-9,13,15-16,23H,1-2,6-7,10-12H2,(H,24,25)(H,21,26,27). The third-order valence-electron chi connectivity index (χ3n) is 4.31. The van der Waals surface area contributed by atoms with Crippen LogP contribution in [0, 0.1) is 0 Å². The van der Waals surface area contributed by atoms with E-state index in [9.17, 15) is 19.5 Å². The second kappa shape index (κ2) is 10.4. The first kappa shape index (κ1) is 20.6. The summed E-state index contributed by atoms with van der Waals surface area (Å²) >= 11 is 0. The summed E-state index contributed by atoms with van der Waals surface area (Å²) in [7, 11) is 0. The van der Waals surface area contributed by atoms with E-state index in [-0.39, 0.29) is 6.42 Å². The zero-order chi connectivity index (χ0) is 19.6. The Morgan fingerprint density at radius 1 is 1.19 bits per heavy atom. The molecule has 1 aliphatic heterocycles. The number of imide groups is 1. The number of aliphatic hydroxyl groups excluding tert-OH is 1. The van der Waals surface area contributed by atoms with Gasteiger partial charge in [0, 0.05) is 12.8 Å². The number of carboxylic acids is 1. The van der Waals surface area contributed by atoms with Crippen molar-refractivity contribution in [1.82, 2.24) is 10.3 Å². The van der Waals surface area contributed by atoms with Gasteiger partial charge in [-0.25, -0.2) is 9.80 Å². The number of unbranched alkanes of at least 4 members (excludes halogenated alkanes) is 3. The first-order valence-corrected chi connectivity index (χ1v) is 9.09. The second-order valence-electron chi connectivity index (χ2n) is 6.52. The number of carboxylic acid groups (broad SMARTS) is 1. The van der Waals surface area contributed by atoms with Crippen molar-refractivity contribution in [3.05, 3.63) is 35.9 Å². The number of hydrogen-bond donors (Lipinski definition) is 3. The first-order valence-electron chi connectivity index (χ1n) is 9.09. The van der Waals surface area contributed by atoms with Crippen molar-refractivity contribution < 1.29 is 24.6 Å². The van der Waals surface area contributed by atoms with E-state index in [1.165, 1.54) is 6.21 Å². The molecule has 146 valence electrons. The summed E-state index contributed by atoms with van der Waals surface area (Å²) in [6.45, 7) is 0. The minimum atomic E-state index is -0.868. The molecule has 1 fully saturated rings. The lowest BCUT2D eigenvalue weighted by molar-refractivity contribution is -0.137. The van der Waals surface area contributed by atoms with Gasteiger partial charge in [-0.05, 0) is 18.4 Å². The number of hydrogen-bond acceptors (Lipinski definition) is 5. The van der Waals surface area contributed by atoms with E-state index >= 15 is 0 Å². The molecule has 1 aromatic rings. The Balaban J connectivity index is 1.82. The molecule has 8 nitrogen and oxygen atoms in total. The molecule has 27 heavy (non-hydrogen) atoms. The maximum Gasteiger partial charge on any atom is 0.345 e. The molecule has 3 amide bonds. The van der Waals surface area contributed by atoms with Gasteiger partial charge in [0.05, 0.1) is 12.3 Å². The number of carbonyl (C=O) groups excluding carboxylic acids is 2. The van der Waals surface area contributed by atoms with Crippen LogP contribution in [0.4, 0.5) is 4.79 Å². The maximum atomic E-state index is 12.0. The number of rotatable bonds is 11. The smallest absolute Gasteiger partial charge is 0.345 e. The van der Waals surface area contributed by atoms with E-state index in [1.807, 2.05) is 30.3 Å². The van der Waals surface area contributed by atoms with Crippen LogP contribution >= 0.6 is 0 Å². The monoisotopic (exact) mass is 375 g/mol. The quantitative estimate of drug-likeness (QED) is 0.310. The average molecular weight is 375 g/mol. The third-order valence-corrected chi connectivity index (χ3v) is 4.31. The molecule has 1 saturated heterocycles. The summed E-state index contributed by atoms with van der Waals surface area (Å²) in [5.41, 5.74) is 0.941. The first-order chi connectivity index (χ1) is 13.0. The fourth-order valence-corrected chi connectivity index (χ4v) is 2.91. The van der Waals surface area contributed by atoms with Crippen LogP contribution in [-0.4, -0.2) is 51.5 Å². The van der Waals surface area contributed by atoms with Crippen molar-refractivity contribution in [2.45, 2.75) is 57.1 Å². The lowest BCUT2D eigenvalue weighted by atomic mass is 10.1. The molecule has 3 N–H and O–H groups in total. The minimum absolute atomic E-state index is 0.137. The van der Waals surface area contributed by atoms with Gasteiger partial charge in [0.1, 0.15) is 6.04 Å². The van der Waals surface area contributed by atoms with Gasteiger partial charge in [-0.3, -0.25) is 14.9 Å². The van der Waals surface area contributed by atoms with Gasteiger partial charge in [0.15, 0.2) is 0 Å². The summed E-state index contributed by atoms with van der Waals surface area (Å²) in [6.07, 6.45) is 4.16. The molecule has 0 bridgehead atoms. The van der Waals surface area contributed by atoms with Crippen LogP contribution in [-0.2, 0) is 16.0 Å². The molecule has 2 atom stereocenters. The number of benzene rings is 1. The van der Waals surface area contributed by atoms with Gasteiger partial charge in [0.25, 0.3) is 5.91 Å². The highest BCUT2D eigenvalue weighted by molar-refractivity contribution is 6.04. The molecular formula is C19H25N3O5. The number of aliphatic carboxylic acids is 1. The highest BCUT2D eigenvalue weighted by Crippen LogP contribution is 2.17. The third kappa shape index (κ3) is 6.82. The lowest BCUT2D eigenvalue weighted by Crippen LogP contribution is -2.31. The number of amides is 3. The van der Waals surface area contributed by atoms with Crippen molar-refractivity contribution in [2.24, 2.45) is 5.10 Å². The van der Waals surface area contributed by atoms with Crippen molar-refractivity contribution in [3.8, 4) is 0 Å². The molecule has 2 unspecified atom stereocenters. The van der Waals surface area contributed by atoms with E-state index in [2.05, 4.69) is 10.4 Å². The molecular weight excluding hydrogens is 350 g/mol. The van der Waals surface area contributed by atoms with Gasteiger partial charge in [0.2, 0.25) is 0 Å². The van der Waals surface area contributed by atoms with Crippen molar-refractivity contribution in [3.63, 3.8) is 0 Å². The maximum absolute atomic E-state index is 12.0. The normalized spacial score (nSPS) is 18.1. The van der Waals surface area contributed by atoms with Crippen LogP contribution in [0.3, 0.4) is 0 Å². The number of nitrogens with one attached hydrogen (secondary N) is 1. The van der Waals surface area contributed by atoms with Gasteiger partial charge < -0.3 is 10.2 Å². The number of carbonyl (C=O) groups is 3. The number of nitrogens with zero attached hydrogens (tertiary/aromatic N) is 2. The zero-order valence-corrected chi connectivity index (χ0v) is 15.1. The highest BCUT2D eigenvalue weighted by atomic mass is 16.4. The number of aliphatic hydroxyl groups is 1. The molecule has 8 heteroatoms. The fraction of sp³-hybridized carbons (Fsp3) is 0.474. The number of urea groups is 1. The van der Waals surface area contributed by atoms with Gasteiger partial charge >= 0.3 is 12.0 Å². The molecule has 0 aromatic heterocycles. The lowest BCUT2D eigenvalue weighted by Gasteiger charge is -2.16. The van der Waals surface area contributed by atoms with E-state index < -0.39 is 30.1 Å². The van der Waals surface area contributed by atoms with Crippen LogP contribution in [0.15, 0.2) is 35.4 Å². The van der Waals surface area contributed by atoms with Crippen LogP contribution in [0.1, 0.15) is 44.1 Å². The fourth-order valence-electron chi connectivity index (χ4n) is 2.91. The van der Waals surface area contributed by atoms with Crippen LogP contribution < -0.4 is 5.32 Å². The average Bonchev–Trinajstić information content (AvgIpc) is 2.89. The van der Waals surface area contributed by atoms with Crippen molar-refractivity contribution in [1.29, 1.82) is 0 Å². The van der Waals surface area contributed by atoms with E-state index in [0.717, 1.165) is 23.4 Å². The summed E-state index contributed by atoms with van der Waals surface area (Å²) in [5.74, 6) is -1.22. The van der Waals surface area contributed by atoms with Gasteiger partial charge in [-0.1, -0.05) is 49.6 Å². The van der Waals surface area contributed by atoms with Crippen molar-refractivity contribution in [2.75, 3.05) is 0 Å². The van der Waals surface area contributed by atoms with Gasteiger partial charge in [-0.15, -0.1) is 0 Å². The van der Waals surface area contributed by atoms with Crippen LogP contribution in [0.25, 0.3) is 0 Å². The Morgan fingerprint density at radius 3 is 2.59 bits per heavy atom. The Morgan fingerprint density at radius 2 is 1.89 bits per heavy atom. The Hall–Kier alpha value is -2.74. The minimum Gasteiger partial charge on any atom is -0.481 e. The predicted molar refractivity (Wildman–Crippen MR) is 99.1 cm³/mol.